The Morgan fingerprint density at radius 3 is 2.82 bits per heavy atom. The number of benzene rings is 1. The number of hydrogen-bond acceptors (Lipinski definition) is 4. The molecule has 0 aliphatic carbocycles. The maximum absolute atomic E-state index is 11.7. The zero-order valence-corrected chi connectivity index (χ0v) is 12.3. The first-order valence-corrected chi connectivity index (χ1v) is 6.73. The molecule has 0 atom stereocenters. The molecule has 4 N–H and O–H groups in total. The average Bonchev–Trinajstić information content (AvgIpc) is 2.95. The van der Waals surface area contributed by atoms with Crippen LogP contribution in [-0.4, -0.2) is 22.4 Å². The van der Waals surface area contributed by atoms with E-state index in [0.29, 0.717) is 16.9 Å². The molecule has 2 heterocycles. The highest BCUT2D eigenvalue weighted by Gasteiger charge is 2.19. The molecule has 6 heteroatoms. The van der Waals surface area contributed by atoms with Gasteiger partial charge in [-0.05, 0) is 24.1 Å². The Hall–Kier alpha value is -3.02. The van der Waals surface area contributed by atoms with Crippen molar-refractivity contribution in [1.82, 2.24) is 9.38 Å². The summed E-state index contributed by atoms with van der Waals surface area (Å²) >= 11 is 0. The summed E-state index contributed by atoms with van der Waals surface area (Å²) in [6.45, 7) is 1.93. The molecular formula is C16H16N4O2. The van der Waals surface area contributed by atoms with E-state index in [-0.39, 0.29) is 5.56 Å². The van der Waals surface area contributed by atoms with Crippen molar-refractivity contribution in [2.45, 2.75) is 6.92 Å². The van der Waals surface area contributed by atoms with Crippen LogP contribution in [0.15, 0.2) is 36.8 Å². The van der Waals surface area contributed by atoms with Gasteiger partial charge in [-0.15, -0.1) is 0 Å². The Labute approximate surface area is 127 Å². The van der Waals surface area contributed by atoms with Gasteiger partial charge < -0.3 is 20.6 Å². The minimum absolute atomic E-state index is 0.266. The third-order valence-corrected chi connectivity index (χ3v) is 3.76. The van der Waals surface area contributed by atoms with E-state index in [9.17, 15) is 4.79 Å². The molecule has 0 radical (unpaired) electrons. The van der Waals surface area contributed by atoms with Gasteiger partial charge in [-0.2, -0.15) is 0 Å². The van der Waals surface area contributed by atoms with E-state index in [1.807, 2.05) is 25.1 Å². The Balaban J connectivity index is 2.42. The van der Waals surface area contributed by atoms with Crippen LogP contribution in [-0.2, 0) is 0 Å². The smallest absolute Gasteiger partial charge is 0.252 e. The van der Waals surface area contributed by atoms with Crippen LogP contribution in [0.4, 0.5) is 5.69 Å². The number of imidazole rings is 1. The lowest BCUT2D eigenvalue weighted by Crippen LogP contribution is -2.15. The summed E-state index contributed by atoms with van der Waals surface area (Å²) in [7, 11) is 1.61. The number of hydrogen-bond donors (Lipinski definition) is 2. The third kappa shape index (κ3) is 1.96. The van der Waals surface area contributed by atoms with E-state index in [1.54, 1.807) is 30.1 Å². The van der Waals surface area contributed by atoms with Crippen molar-refractivity contribution < 1.29 is 9.53 Å². The molecule has 6 nitrogen and oxygen atoms in total. The Morgan fingerprint density at radius 2 is 2.14 bits per heavy atom. The van der Waals surface area contributed by atoms with Gasteiger partial charge in [0.2, 0.25) is 0 Å². The van der Waals surface area contributed by atoms with Crippen LogP contribution in [0, 0.1) is 6.92 Å². The third-order valence-electron chi connectivity index (χ3n) is 3.76. The molecule has 0 fully saturated rings. The van der Waals surface area contributed by atoms with Gasteiger partial charge in [0, 0.05) is 24.2 Å². The molecule has 0 aliphatic rings. The lowest BCUT2D eigenvalue weighted by molar-refractivity contribution is 0.100. The summed E-state index contributed by atoms with van der Waals surface area (Å²) in [5, 5.41) is 0. The Kier molecular flexibility index (Phi) is 3.21. The number of nitrogens with zero attached hydrogens (tertiary/aromatic N) is 2. The van der Waals surface area contributed by atoms with Gasteiger partial charge >= 0.3 is 0 Å². The molecule has 1 aromatic carbocycles. The van der Waals surface area contributed by atoms with Gasteiger partial charge in [0.05, 0.1) is 18.4 Å². The summed E-state index contributed by atoms with van der Waals surface area (Å²) in [5.41, 5.74) is 15.4. The van der Waals surface area contributed by atoms with Crippen molar-refractivity contribution in [3.05, 3.63) is 47.9 Å². The van der Waals surface area contributed by atoms with E-state index >= 15 is 0 Å². The fraction of sp³-hybridized carbons (Fsp3) is 0.125. The second-order valence-corrected chi connectivity index (χ2v) is 4.99. The zero-order chi connectivity index (χ0) is 15.9. The van der Waals surface area contributed by atoms with Crippen molar-refractivity contribution in [3.63, 3.8) is 0 Å². The normalized spacial score (nSPS) is 10.8. The molecule has 0 spiro atoms. The minimum Gasteiger partial charge on any atom is -0.496 e. The lowest BCUT2D eigenvalue weighted by atomic mass is 9.97. The number of rotatable bonds is 3. The molecule has 0 saturated heterocycles. The van der Waals surface area contributed by atoms with Gasteiger partial charge in [0.25, 0.3) is 5.91 Å². The number of aromatic nitrogens is 2. The number of methoxy groups -OCH3 is 1. The maximum Gasteiger partial charge on any atom is 0.252 e. The van der Waals surface area contributed by atoms with Gasteiger partial charge in [0.1, 0.15) is 11.4 Å². The molecule has 112 valence electrons. The van der Waals surface area contributed by atoms with Crippen LogP contribution in [0.2, 0.25) is 0 Å². The monoisotopic (exact) mass is 296 g/mol. The van der Waals surface area contributed by atoms with Crippen molar-refractivity contribution in [2.75, 3.05) is 12.8 Å². The number of carbonyl (C=O) groups is 1. The first-order valence-electron chi connectivity index (χ1n) is 6.73. The fourth-order valence-corrected chi connectivity index (χ4v) is 2.64. The number of anilines is 1. The molecular weight excluding hydrogens is 280 g/mol. The number of nitrogen functional groups attached to an aromatic ring is 1. The number of fused-ring (bicyclic) bond motifs is 1. The van der Waals surface area contributed by atoms with E-state index in [2.05, 4.69) is 4.98 Å². The second-order valence-electron chi connectivity index (χ2n) is 4.99. The van der Waals surface area contributed by atoms with Crippen molar-refractivity contribution in [1.29, 1.82) is 0 Å². The van der Waals surface area contributed by atoms with Crippen molar-refractivity contribution in [2.24, 2.45) is 5.73 Å². The van der Waals surface area contributed by atoms with Gasteiger partial charge in [-0.25, -0.2) is 4.98 Å². The lowest BCUT2D eigenvalue weighted by Gasteiger charge is -2.15. The summed E-state index contributed by atoms with van der Waals surface area (Å²) in [5.74, 6) is 0.168. The quantitative estimate of drug-likeness (QED) is 0.772. The van der Waals surface area contributed by atoms with Gasteiger partial charge in [0.15, 0.2) is 0 Å². The van der Waals surface area contributed by atoms with Crippen LogP contribution in [0.25, 0.3) is 16.8 Å². The van der Waals surface area contributed by atoms with Crippen molar-refractivity contribution in [3.8, 4) is 16.9 Å². The molecule has 2 aromatic heterocycles. The number of amides is 1. The van der Waals surface area contributed by atoms with Gasteiger partial charge in [-0.1, -0.05) is 12.1 Å². The predicted molar refractivity (Wildman–Crippen MR) is 84.8 cm³/mol. The summed E-state index contributed by atoms with van der Waals surface area (Å²) in [6.07, 6.45) is 5.00. The molecule has 3 rings (SSSR count). The van der Waals surface area contributed by atoms with E-state index in [4.69, 9.17) is 16.2 Å². The molecule has 0 saturated carbocycles. The van der Waals surface area contributed by atoms with E-state index in [0.717, 1.165) is 16.9 Å². The molecule has 0 aliphatic heterocycles. The first-order chi connectivity index (χ1) is 10.5. The second kappa shape index (κ2) is 5.07. The Morgan fingerprint density at radius 1 is 1.36 bits per heavy atom. The van der Waals surface area contributed by atoms with Crippen LogP contribution in [0.1, 0.15) is 15.9 Å². The minimum atomic E-state index is -0.574. The Bertz CT molecular complexity index is 883. The maximum atomic E-state index is 11.7. The topological polar surface area (TPSA) is 95.6 Å². The molecule has 1 amide bonds. The van der Waals surface area contributed by atoms with Crippen LogP contribution >= 0.6 is 0 Å². The number of primary amides is 1. The number of pyridine rings is 1. The van der Waals surface area contributed by atoms with Crippen LogP contribution in [0.5, 0.6) is 5.75 Å². The number of ether oxygens (including phenoxy) is 1. The molecule has 0 bridgehead atoms. The highest BCUT2D eigenvalue weighted by molar-refractivity contribution is 6.04. The van der Waals surface area contributed by atoms with Crippen LogP contribution in [0.3, 0.4) is 0 Å². The van der Waals surface area contributed by atoms with Crippen molar-refractivity contribution >= 4 is 17.2 Å². The molecule has 3 aromatic rings. The van der Waals surface area contributed by atoms with E-state index < -0.39 is 5.91 Å². The molecule has 22 heavy (non-hydrogen) atoms. The number of carbonyl (C=O) groups excluding carboxylic acids is 1. The number of nitrogens with two attached hydrogens (primary N) is 2. The summed E-state index contributed by atoms with van der Waals surface area (Å²) in [4.78, 5) is 16.0. The SMILES string of the molecule is COc1cccc(-c2c(N)c(C(N)=O)cn3ccnc23)c1C. The average molecular weight is 296 g/mol. The molecule has 0 unspecified atom stereocenters. The van der Waals surface area contributed by atoms with E-state index in [1.165, 1.54) is 0 Å². The van der Waals surface area contributed by atoms with Gasteiger partial charge in [-0.3, -0.25) is 4.79 Å². The predicted octanol–water partition coefficient (Wildman–Crippen LogP) is 2.00. The highest BCUT2D eigenvalue weighted by atomic mass is 16.5. The largest absolute Gasteiger partial charge is 0.496 e. The highest BCUT2D eigenvalue weighted by Crippen LogP contribution is 2.37. The fourth-order valence-electron chi connectivity index (χ4n) is 2.64. The zero-order valence-electron chi connectivity index (χ0n) is 12.3. The van der Waals surface area contributed by atoms with Crippen LogP contribution < -0.4 is 16.2 Å². The summed E-state index contributed by atoms with van der Waals surface area (Å²) < 4.78 is 7.10. The summed E-state index contributed by atoms with van der Waals surface area (Å²) in [6, 6.07) is 5.66. The standard InChI is InChI=1S/C16H16N4O2/c1-9-10(4-3-5-12(9)22-2)13-14(17)11(15(18)21)8-20-7-6-19-16(13)20/h3-8H,17H2,1-2H3,(H2,18,21). The first kappa shape index (κ1) is 13.9.